The van der Waals surface area contributed by atoms with Crippen LogP contribution in [0.4, 0.5) is 14.5 Å². The average Bonchev–Trinajstić information content (AvgIpc) is 3.26. The molecule has 0 saturated carbocycles. The van der Waals surface area contributed by atoms with Crippen LogP contribution in [0.15, 0.2) is 47.4 Å². The number of anilines is 1. The molecule has 1 aliphatic rings. The van der Waals surface area contributed by atoms with Crippen molar-refractivity contribution >= 4 is 26.7 Å². The van der Waals surface area contributed by atoms with Crippen molar-refractivity contribution in [3.05, 3.63) is 59.8 Å². The van der Waals surface area contributed by atoms with Gasteiger partial charge in [0.05, 0.1) is 0 Å². The maximum atomic E-state index is 14.0. The van der Waals surface area contributed by atoms with E-state index < -0.39 is 26.6 Å². The molecule has 2 aromatic carbocycles. The molecular weight excluding hydrogens is 514 g/mol. The summed E-state index contributed by atoms with van der Waals surface area (Å²) in [6.45, 7) is 8.16. The van der Waals surface area contributed by atoms with Crippen LogP contribution in [0.3, 0.4) is 0 Å². The van der Waals surface area contributed by atoms with Gasteiger partial charge in [0.15, 0.2) is 11.5 Å². The number of sulfonamides is 1. The summed E-state index contributed by atoms with van der Waals surface area (Å²) in [5.74, 6) is -1.09. The normalized spacial score (nSPS) is 15.3. The summed E-state index contributed by atoms with van der Waals surface area (Å²) < 4.78 is 61.3. The van der Waals surface area contributed by atoms with E-state index in [4.69, 9.17) is 4.74 Å². The van der Waals surface area contributed by atoms with Crippen LogP contribution in [0.5, 0.6) is 5.88 Å². The van der Waals surface area contributed by atoms with Crippen molar-refractivity contribution in [3.8, 4) is 17.3 Å². The molecule has 1 fully saturated rings. The Labute approximate surface area is 219 Å². The number of rotatable bonds is 7. The Balaban J connectivity index is 1.39. The first-order chi connectivity index (χ1) is 18.1. The zero-order chi connectivity index (χ0) is 27.0. The summed E-state index contributed by atoms with van der Waals surface area (Å²) in [5, 5.41) is 7.95. The fourth-order valence-corrected chi connectivity index (χ4v) is 5.64. The van der Waals surface area contributed by atoms with E-state index in [1.165, 1.54) is 12.1 Å². The molecule has 0 bridgehead atoms. The van der Waals surface area contributed by atoms with Gasteiger partial charge >= 0.3 is 0 Å². The van der Waals surface area contributed by atoms with Crippen LogP contribution in [0, 0.1) is 18.6 Å². The second-order valence-electron chi connectivity index (χ2n) is 9.60. The van der Waals surface area contributed by atoms with Crippen molar-refractivity contribution in [1.29, 1.82) is 0 Å². The Morgan fingerprint density at radius 2 is 1.79 bits per heavy atom. The molecule has 5 rings (SSSR count). The second-order valence-corrected chi connectivity index (χ2v) is 11.3. The van der Waals surface area contributed by atoms with Crippen LogP contribution in [0.25, 0.3) is 22.4 Å². The van der Waals surface area contributed by atoms with Gasteiger partial charge in [0.25, 0.3) is 10.0 Å². The van der Waals surface area contributed by atoms with Gasteiger partial charge in [-0.05, 0) is 76.1 Å². The topological polar surface area (TPSA) is 113 Å². The van der Waals surface area contributed by atoms with Gasteiger partial charge in [0, 0.05) is 36.1 Å². The number of piperidine rings is 1. The number of hydrogen-bond donors (Lipinski definition) is 2. The highest BCUT2D eigenvalue weighted by Gasteiger charge is 2.25. The third kappa shape index (κ3) is 5.32. The molecule has 2 N–H and O–H groups in total. The molecule has 1 aliphatic heterocycles. The molecule has 4 aromatic rings. The average molecular weight is 543 g/mol. The van der Waals surface area contributed by atoms with Crippen LogP contribution >= 0.6 is 0 Å². The Morgan fingerprint density at radius 3 is 2.47 bits per heavy atom. The summed E-state index contributed by atoms with van der Waals surface area (Å²) in [5.41, 5.74) is 2.04. The van der Waals surface area contributed by atoms with Gasteiger partial charge in [-0.25, -0.2) is 22.2 Å². The molecule has 0 aliphatic carbocycles. The van der Waals surface area contributed by atoms with Gasteiger partial charge in [0.2, 0.25) is 5.88 Å². The highest BCUT2D eigenvalue weighted by Crippen LogP contribution is 2.31. The van der Waals surface area contributed by atoms with E-state index in [2.05, 4.69) is 43.6 Å². The molecule has 9 nitrogen and oxygen atoms in total. The molecule has 0 amide bonds. The molecule has 0 unspecified atom stereocenters. The number of aromatic amines is 1. The molecule has 3 heterocycles. The number of ether oxygens (including phenoxy) is 1. The number of halogens is 2. The third-order valence-corrected chi connectivity index (χ3v) is 8.02. The standard InChI is InChI=1S/C26H28F2N6O3S/c1-15(2)34-12-10-20(11-13-34)37-26-23-16(3)31-32-25(23)29-24(30-26)17-4-7-19(8-5-17)33-38(35,36)22-14-18(27)6-9-21(22)28/h4-9,14-15,20,33H,10-13H2,1-3H3,(H,29,30,31,32). The minimum atomic E-state index is -4.34. The first-order valence-electron chi connectivity index (χ1n) is 12.3. The number of H-pyrrole nitrogens is 1. The largest absolute Gasteiger partial charge is 0.474 e. The van der Waals surface area contributed by atoms with E-state index in [9.17, 15) is 17.2 Å². The summed E-state index contributed by atoms with van der Waals surface area (Å²) in [4.78, 5) is 10.9. The van der Waals surface area contributed by atoms with Crippen LogP contribution in [-0.2, 0) is 10.0 Å². The van der Waals surface area contributed by atoms with Crippen molar-refractivity contribution in [2.24, 2.45) is 0 Å². The highest BCUT2D eigenvalue weighted by atomic mass is 32.2. The Bertz CT molecular complexity index is 1570. The van der Waals surface area contributed by atoms with Gasteiger partial charge in [-0.1, -0.05) is 0 Å². The lowest BCUT2D eigenvalue weighted by Crippen LogP contribution is -2.41. The monoisotopic (exact) mass is 542 g/mol. The summed E-state index contributed by atoms with van der Waals surface area (Å²) in [7, 11) is -4.34. The van der Waals surface area contributed by atoms with E-state index >= 15 is 0 Å². The van der Waals surface area contributed by atoms with E-state index in [0.717, 1.165) is 49.1 Å². The van der Waals surface area contributed by atoms with Crippen LogP contribution < -0.4 is 9.46 Å². The number of nitrogens with zero attached hydrogens (tertiary/aromatic N) is 4. The lowest BCUT2D eigenvalue weighted by atomic mass is 10.1. The van der Waals surface area contributed by atoms with Crippen molar-refractivity contribution in [1.82, 2.24) is 25.1 Å². The minimum absolute atomic E-state index is 0.0188. The number of fused-ring (bicyclic) bond motifs is 1. The van der Waals surface area contributed by atoms with Gasteiger partial charge in [-0.2, -0.15) is 10.1 Å². The third-order valence-electron chi connectivity index (χ3n) is 6.62. The quantitative estimate of drug-likeness (QED) is 0.349. The van der Waals surface area contributed by atoms with Gasteiger partial charge in [-0.3, -0.25) is 9.82 Å². The van der Waals surface area contributed by atoms with Crippen molar-refractivity contribution in [3.63, 3.8) is 0 Å². The fraction of sp³-hybridized carbons (Fsp3) is 0.346. The fourth-order valence-electron chi connectivity index (χ4n) is 4.49. The maximum Gasteiger partial charge on any atom is 0.264 e. The Hall–Kier alpha value is -3.64. The molecule has 0 atom stereocenters. The lowest BCUT2D eigenvalue weighted by molar-refractivity contribution is 0.0824. The second kappa shape index (κ2) is 10.3. The van der Waals surface area contributed by atoms with Crippen LogP contribution in [-0.4, -0.2) is 58.7 Å². The predicted octanol–water partition coefficient (Wildman–Crippen LogP) is 4.66. The van der Waals surface area contributed by atoms with Crippen LogP contribution in [0.2, 0.25) is 0 Å². The number of aromatic nitrogens is 4. The lowest BCUT2D eigenvalue weighted by Gasteiger charge is -2.34. The van der Waals surface area contributed by atoms with Crippen molar-refractivity contribution in [2.75, 3.05) is 17.8 Å². The van der Waals surface area contributed by atoms with Gasteiger partial charge in [0.1, 0.15) is 28.0 Å². The van der Waals surface area contributed by atoms with Crippen molar-refractivity contribution < 1.29 is 21.9 Å². The summed E-state index contributed by atoms with van der Waals surface area (Å²) in [6, 6.07) is 9.00. The van der Waals surface area contributed by atoms with E-state index in [1.807, 2.05) is 6.92 Å². The first-order valence-corrected chi connectivity index (χ1v) is 13.8. The molecule has 200 valence electrons. The molecule has 0 radical (unpaired) electrons. The number of hydrogen-bond acceptors (Lipinski definition) is 7. The number of benzene rings is 2. The van der Waals surface area contributed by atoms with Crippen LogP contribution in [0.1, 0.15) is 32.4 Å². The molecule has 2 aromatic heterocycles. The molecular formula is C26H28F2N6O3S. The zero-order valence-corrected chi connectivity index (χ0v) is 22.0. The Morgan fingerprint density at radius 1 is 1.08 bits per heavy atom. The molecule has 12 heteroatoms. The molecule has 38 heavy (non-hydrogen) atoms. The number of likely N-dealkylation sites (tertiary alicyclic amines) is 1. The summed E-state index contributed by atoms with van der Waals surface area (Å²) in [6.07, 6.45) is 1.79. The van der Waals surface area contributed by atoms with Crippen molar-refractivity contribution in [2.45, 2.75) is 50.7 Å². The maximum absolute atomic E-state index is 14.0. The smallest absolute Gasteiger partial charge is 0.264 e. The van der Waals surface area contributed by atoms with E-state index in [-0.39, 0.29) is 11.8 Å². The van der Waals surface area contributed by atoms with E-state index in [1.54, 1.807) is 12.1 Å². The Kier molecular flexibility index (Phi) is 7.01. The van der Waals surface area contributed by atoms with Gasteiger partial charge in [-0.15, -0.1) is 0 Å². The molecule has 0 spiro atoms. The zero-order valence-electron chi connectivity index (χ0n) is 21.2. The number of aryl methyl sites for hydroxylation is 1. The first kappa shape index (κ1) is 26.0. The predicted molar refractivity (Wildman–Crippen MR) is 139 cm³/mol. The summed E-state index contributed by atoms with van der Waals surface area (Å²) >= 11 is 0. The number of nitrogens with one attached hydrogen (secondary N) is 2. The highest BCUT2D eigenvalue weighted by molar-refractivity contribution is 7.92. The van der Waals surface area contributed by atoms with E-state index in [0.29, 0.717) is 35.0 Å². The SMILES string of the molecule is Cc1[nH]nc2nc(-c3ccc(NS(=O)(=O)c4cc(F)ccc4F)cc3)nc(OC3CCN(C(C)C)CC3)c12. The minimum Gasteiger partial charge on any atom is -0.474 e. The molecule has 1 saturated heterocycles. The van der Waals surface area contributed by atoms with Gasteiger partial charge < -0.3 is 9.64 Å².